The van der Waals surface area contributed by atoms with E-state index in [1.807, 2.05) is 12.1 Å². The van der Waals surface area contributed by atoms with Crippen LogP contribution in [0.4, 0.5) is 17.1 Å². The maximum Gasteiger partial charge on any atom is 0.136 e. The molecule has 0 aliphatic carbocycles. The van der Waals surface area contributed by atoms with Crippen LogP contribution >= 0.6 is 0 Å². The van der Waals surface area contributed by atoms with E-state index in [4.69, 9.17) is 4.42 Å². The van der Waals surface area contributed by atoms with Crippen LogP contribution in [0.2, 0.25) is 0 Å². The van der Waals surface area contributed by atoms with E-state index >= 15 is 0 Å². The van der Waals surface area contributed by atoms with E-state index in [1.165, 1.54) is 65.3 Å². The molecule has 0 aliphatic heterocycles. The van der Waals surface area contributed by atoms with Gasteiger partial charge in [0.2, 0.25) is 0 Å². The minimum Gasteiger partial charge on any atom is -0.456 e. The first-order valence-electron chi connectivity index (χ1n) is 22.7. The number of rotatable bonds is 7. The molecule has 66 heavy (non-hydrogen) atoms. The monoisotopic (exact) mass is 839 g/mol. The molecule has 0 aliphatic rings. The molecule has 0 saturated heterocycles. The number of hydrogen-bond donors (Lipinski definition) is 0. The van der Waals surface area contributed by atoms with Crippen molar-refractivity contribution >= 4 is 82.1 Å². The summed E-state index contributed by atoms with van der Waals surface area (Å²) in [5.74, 6) is 0. The van der Waals surface area contributed by atoms with Crippen molar-refractivity contribution in [1.29, 1.82) is 0 Å². The zero-order valence-electron chi connectivity index (χ0n) is 36.0. The standard InChI is InChI=1S/C64H41NO/c1-3-14-50-42(12-1)34-40-58-52(18-9-21-56(50)58)44-26-28-46(29-27-44)54-16-5-7-23-61(54)65(49-38-32-47(33-39-49)55-20-11-25-63-64(55)60-17-6-8-24-62(60)66-63)48-36-30-45(31-37-48)53-19-10-22-57-51-15-4-2-13-43(51)35-41-59(53)57/h1-41H. The smallest absolute Gasteiger partial charge is 0.136 e. The van der Waals surface area contributed by atoms with Gasteiger partial charge in [-0.2, -0.15) is 0 Å². The highest BCUT2D eigenvalue weighted by Crippen LogP contribution is 2.44. The summed E-state index contributed by atoms with van der Waals surface area (Å²) in [5.41, 5.74) is 14.5. The molecule has 0 N–H and O–H groups in total. The summed E-state index contributed by atoms with van der Waals surface area (Å²) in [5, 5.41) is 12.4. The minimum atomic E-state index is 0.896. The summed E-state index contributed by atoms with van der Waals surface area (Å²) in [4.78, 5) is 2.40. The van der Waals surface area contributed by atoms with E-state index in [0.717, 1.165) is 61.3 Å². The predicted molar refractivity (Wildman–Crippen MR) is 280 cm³/mol. The van der Waals surface area contributed by atoms with Crippen molar-refractivity contribution in [3.05, 3.63) is 249 Å². The zero-order valence-corrected chi connectivity index (χ0v) is 36.0. The average molecular weight is 840 g/mol. The number of anilines is 3. The van der Waals surface area contributed by atoms with Gasteiger partial charge in [0, 0.05) is 27.7 Å². The van der Waals surface area contributed by atoms with Crippen LogP contribution in [0.15, 0.2) is 253 Å². The van der Waals surface area contributed by atoms with Crippen LogP contribution in [0.5, 0.6) is 0 Å². The minimum absolute atomic E-state index is 0.896. The largest absolute Gasteiger partial charge is 0.456 e. The van der Waals surface area contributed by atoms with Crippen molar-refractivity contribution < 1.29 is 4.42 Å². The van der Waals surface area contributed by atoms with Crippen molar-refractivity contribution in [2.45, 2.75) is 0 Å². The zero-order chi connectivity index (χ0) is 43.6. The number of para-hydroxylation sites is 2. The Balaban J connectivity index is 0.924. The van der Waals surface area contributed by atoms with Crippen molar-refractivity contribution in [3.63, 3.8) is 0 Å². The van der Waals surface area contributed by atoms with Crippen molar-refractivity contribution in [2.75, 3.05) is 4.90 Å². The highest BCUT2D eigenvalue weighted by Gasteiger charge is 2.19. The van der Waals surface area contributed by atoms with Gasteiger partial charge in [-0.1, -0.05) is 206 Å². The van der Waals surface area contributed by atoms with E-state index in [-0.39, 0.29) is 0 Å². The summed E-state index contributed by atoms with van der Waals surface area (Å²) in [7, 11) is 0. The lowest BCUT2D eigenvalue weighted by atomic mass is 9.93. The second-order valence-corrected chi connectivity index (χ2v) is 17.2. The summed E-state index contributed by atoms with van der Waals surface area (Å²) in [6, 6.07) is 90.3. The molecule has 13 aromatic rings. The van der Waals surface area contributed by atoms with Crippen LogP contribution in [0.25, 0.3) is 110 Å². The number of fused-ring (bicyclic) bond motifs is 9. The topological polar surface area (TPSA) is 16.4 Å². The first-order valence-corrected chi connectivity index (χ1v) is 22.7. The summed E-state index contributed by atoms with van der Waals surface area (Å²) in [6.45, 7) is 0. The predicted octanol–water partition coefficient (Wildman–Crippen LogP) is 18.3. The molecule has 0 bridgehead atoms. The van der Waals surface area contributed by atoms with Crippen molar-refractivity contribution in [1.82, 2.24) is 0 Å². The van der Waals surface area contributed by atoms with Gasteiger partial charge in [0.1, 0.15) is 11.2 Å². The fourth-order valence-electron chi connectivity index (χ4n) is 10.3. The molecule has 0 amide bonds. The van der Waals surface area contributed by atoms with E-state index in [9.17, 15) is 0 Å². The number of nitrogens with zero attached hydrogens (tertiary/aromatic N) is 1. The SMILES string of the molecule is c1ccc(N(c2ccc(-c3cccc4c3ccc3ccccc34)cc2)c2ccc(-c3cccc4oc5ccccc5c34)cc2)c(-c2ccc(-c3cccc4c3ccc3ccccc34)cc2)c1. The molecule has 0 spiro atoms. The molecule has 13 rings (SSSR count). The molecular weight excluding hydrogens is 799 g/mol. The van der Waals surface area contributed by atoms with E-state index < -0.39 is 0 Å². The van der Waals surface area contributed by atoms with E-state index in [1.54, 1.807) is 0 Å². The molecule has 308 valence electrons. The first kappa shape index (κ1) is 37.8. The lowest BCUT2D eigenvalue weighted by molar-refractivity contribution is 0.669. The van der Waals surface area contributed by atoms with Gasteiger partial charge in [-0.3, -0.25) is 0 Å². The Kier molecular flexibility index (Phi) is 8.89. The van der Waals surface area contributed by atoms with Gasteiger partial charge in [-0.05, 0) is 124 Å². The van der Waals surface area contributed by atoms with Gasteiger partial charge in [0.15, 0.2) is 0 Å². The highest BCUT2D eigenvalue weighted by molar-refractivity contribution is 6.14. The molecule has 12 aromatic carbocycles. The van der Waals surface area contributed by atoms with Crippen LogP contribution < -0.4 is 4.90 Å². The number of benzene rings is 12. The summed E-state index contributed by atoms with van der Waals surface area (Å²) in [6.07, 6.45) is 0. The molecule has 0 saturated carbocycles. The van der Waals surface area contributed by atoms with Gasteiger partial charge in [0.25, 0.3) is 0 Å². The summed E-state index contributed by atoms with van der Waals surface area (Å²) < 4.78 is 6.29. The Labute approximate surface area is 382 Å². The van der Waals surface area contributed by atoms with Crippen LogP contribution in [-0.4, -0.2) is 0 Å². The number of hydrogen-bond acceptors (Lipinski definition) is 2. The van der Waals surface area contributed by atoms with Crippen LogP contribution in [0.3, 0.4) is 0 Å². The molecule has 1 aromatic heterocycles. The van der Waals surface area contributed by atoms with Crippen LogP contribution in [-0.2, 0) is 0 Å². The normalized spacial score (nSPS) is 11.6. The molecule has 2 heteroatoms. The van der Waals surface area contributed by atoms with Gasteiger partial charge in [0.05, 0.1) is 5.69 Å². The third-order valence-corrected chi connectivity index (χ3v) is 13.5. The number of furan rings is 1. The maximum absolute atomic E-state index is 6.29. The quantitative estimate of drug-likeness (QED) is 0.149. The van der Waals surface area contributed by atoms with E-state index in [0.29, 0.717) is 0 Å². The molecule has 1 heterocycles. The fourth-order valence-corrected chi connectivity index (χ4v) is 10.3. The van der Waals surface area contributed by atoms with Crippen molar-refractivity contribution in [2.24, 2.45) is 0 Å². The Bertz CT molecular complexity index is 3970. The maximum atomic E-state index is 6.29. The first-order chi connectivity index (χ1) is 32.7. The third-order valence-electron chi connectivity index (χ3n) is 13.5. The highest BCUT2D eigenvalue weighted by atomic mass is 16.3. The van der Waals surface area contributed by atoms with Gasteiger partial charge >= 0.3 is 0 Å². The average Bonchev–Trinajstić information content (AvgIpc) is 3.78. The van der Waals surface area contributed by atoms with Gasteiger partial charge < -0.3 is 9.32 Å². The van der Waals surface area contributed by atoms with E-state index in [2.05, 4.69) is 241 Å². The molecular formula is C64H41NO. The molecule has 2 nitrogen and oxygen atoms in total. The summed E-state index contributed by atoms with van der Waals surface area (Å²) >= 11 is 0. The molecule has 0 atom stereocenters. The van der Waals surface area contributed by atoms with Gasteiger partial charge in [-0.25, -0.2) is 0 Å². The Hall–Kier alpha value is -8.72. The molecule has 0 fully saturated rings. The second-order valence-electron chi connectivity index (χ2n) is 17.2. The fraction of sp³-hybridized carbons (Fsp3) is 0. The van der Waals surface area contributed by atoms with Gasteiger partial charge in [-0.15, -0.1) is 0 Å². The molecule has 0 unspecified atom stereocenters. The Morgan fingerprint density at radius 1 is 0.242 bits per heavy atom. The lowest BCUT2D eigenvalue weighted by Gasteiger charge is -2.28. The second kappa shape index (κ2) is 15.5. The Morgan fingerprint density at radius 2 is 0.652 bits per heavy atom. The lowest BCUT2D eigenvalue weighted by Crippen LogP contribution is -2.11. The van der Waals surface area contributed by atoms with Crippen molar-refractivity contribution in [3.8, 4) is 44.5 Å². The Morgan fingerprint density at radius 3 is 1.26 bits per heavy atom. The van der Waals surface area contributed by atoms with Crippen LogP contribution in [0, 0.1) is 0 Å². The third kappa shape index (κ3) is 6.26. The van der Waals surface area contributed by atoms with Crippen LogP contribution in [0.1, 0.15) is 0 Å². The molecule has 0 radical (unpaired) electrons.